The summed E-state index contributed by atoms with van der Waals surface area (Å²) in [6.45, 7) is 2.53. The van der Waals surface area contributed by atoms with E-state index in [4.69, 9.17) is 0 Å². The van der Waals surface area contributed by atoms with E-state index in [1.54, 1.807) is 6.92 Å². The summed E-state index contributed by atoms with van der Waals surface area (Å²) in [7, 11) is 0. The van der Waals surface area contributed by atoms with Crippen LogP contribution >= 0.6 is 0 Å². The van der Waals surface area contributed by atoms with Crippen LogP contribution in [0.3, 0.4) is 0 Å². The molecule has 1 aliphatic rings. The zero-order valence-corrected chi connectivity index (χ0v) is 6.11. The second-order valence-electron chi connectivity index (χ2n) is 2.67. The summed E-state index contributed by atoms with van der Waals surface area (Å²) in [5.41, 5.74) is -1.57. The lowest BCUT2D eigenvalue weighted by Crippen LogP contribution is -2.49. The number of hydrogen-bond donors (Lipinski definition) is 1. The largest absolute Gasteiger partial charge is 0.313 e. The molecule has 0 bridgehead atoms. The number of carbonyl (C=O) groups is 1. The van der Waals surface area contributed by atoms with Crippen molar-refractivity contribution >= 4 is 5.78 Å². The van der Waals surface area contributed by atoms with Gasteiger partial charge in [0.05, 0.1) is 0 Å². The molecule has 1 atom stereocenters. The fourth-order valence-corrected chi connectivity index (χ4v) is 1.13. The Labute approximate surface area is 59.8 Å². The first-order chi connectivity index (χ1) is 4.69. The van der Waals surface area contributed by atoms with E-state index in [0.29, 0.717) is 19.4 Å². The Morgan fingerprint density at radius 1 is 1.80 bits per heavy atom. The highest BCUT2D eigenvalue weighted by Crippen LogP contribution is 2.20. The minimum absolute atomic E-state index is 0.197. The van der Waals surface area contributed by atoms with E-state index in [0.717, 1.165) is 0 Å². The van der Waals surface area contributed by atoms with Gasteiger partial charge < -0.3 is 5.32 Å². The van der Waals surface area contributed by atoms with Crippen LogP contribution in [0.25, 0.3) is 0 Å². The predicted octanol–water partition coefficient (Wildman–Crippen LogP) is 0.667. The fraction of sp³-hybridized carbons (Fsp3) is 0.857. The van der Waals surface area contributed by atoms with Crippen molar-refractivity contribution < 1.29 is 9.18 Å². The fourth-order valence-electron chi connectivity index (χ4n) is 1.13. The van der Waals surface area contributed by atoms with Crippen molar-refractivity contribution in [2.75, 3.05) is 13.1 Å². The molecule has 0 radical (unpaired) electrons. The van der Waals surface area contributed by atoms with Gasteiger partial charge in [-0.25, -0.2) is 4.39 Å². The van der Waals surface area contributed by atoms with E-state index in [2.05, 4.69) is 5.32 Å². The lowest BCUT2D eigenvalue weighted by atomic mass is 9.92. The average Bonchev–Trinajstić information content (AvgIpc) is 1.96. The number of carbonyl (C=O) groups excluding carboxylic acids is 1. The summed E-state index contributed by atoms with van der Waals surface area (Å²) < 4.78 is 13.3. The lowest BCUT2D eigenvalue weighted by molar-refractivity contribution is -0.132. The highest BCUT2D eigenvalue weighted by molar-refractivity contribution is 5.88. The molecular formula is C7H12FNO. The van der Waals surface area contributed by atoms with Crippen molar-refractivity contribution in [3.05, 3.63) is 0 Å². The molecule has 0 aliphatic carbocycles. The second kappa shape index (κ2) is 2.66. The average molecular weight is 145 g/mol. The van der Waals surface area contributed by atoms with E-state index in [-0.39, 0.29) is 12.3 Å². The molecule has 0 unspecified atom stereocenters. The van der Waals surface area contributed by atoms with Gasteiger partial charge in [-0.05, 0) is 6.42 Å². The van der Waals surface area contributed by atoms with Gasteiger partial charge in [0.25, 0.3) is 0 Å². The Kier molecular flexibility index (Phi) is 2.04. The van der Waals surface area contributed by atoms with Crippen molar-refractivity contribution in [3.8, 4) is 0 Å². The normalized spacial score (nSPS) is 34.4. The smallest absolute Gasteiger partial charge is 0.180 e. The molecular weight excluding hydrogens is 133 g/mol. The maximum atomic E-state index is 13.3. The van der Waals surface area contributed by atoms with Gasteiger partial charge in [-0.2, -0.15) is 0 Å². The van der Waals surface area contributed by atoms with Gasteiger partial charge in [-0.1, -0.05) is 6.92 Å². The first kappa shape index (κ1) is 7.66. The predicted molar refractivity (Wildman–Crippen MR) is 36.6 cm³/mol. The molecule has 58 valence electrons. The van der Waals surface area contributed by atoms with Gasteiger partial charge in [-0.3, -0.25) is 4.79 Å². The third-order valence-electron chi connectivity index (χ3n) is 1.99. The maximum absolute atomic E-state index is 13.3. The van der Waals surface area contributed by atoms with Crippen LogP contribution in [0.15, 0.2) is 0 Å². The Morgan fingerprint density at radius 2 is 2.50 bits per heavy atom. The third-order valence-corrected chi connectivity index (χ3v) is 1.99. The molecule has 1 N–H and O–H groups in total. The molecule has 10 heavy (non-hydrogen) atoms. The SMILES string of the molecule is CC[C@@]1(F)CNCCC1=O. The number of piperidine rings is 1. The van der Waals surface area contributed by atoms with Crippen molar-refractivity contribution in [1.29, 1.82) is 0 Å². The molecule has 0 spiro atoms. The van der Waals surface area contributed by atoms with Gasteiger partial charge in [0, 0.05) is 19.5 Å². The molecule has 0 amide bonds. The Morgan fingerprint density at radius 3 is 2.90 bits per heavy atom. The van der Waals surface area contributed by atoms with Crippen LogP contribution < -0.4 is 5.32 Å². The minimum atomic E-state index is -1.57. The molecule has 1 saturated heterocycles. The second-order valence-corrected chi connectivity index (χ2v) is 2.67. The summed E-state index contributed by atoms with van der Waals surface area (Å²) in [5.74, 6) is -0.242. The standard InChI is InChI=1S/C7H12FNO/c1-2-7(8)5-9-4-3-6(7)10/h9H,2-5H2,1H3/t7-/m1/s1. The maximum Gasteiger partial charge on any atom is 0.180 e. The number of halogens is 1. The first-order valence-corrected chi connectivity index (χ1v) is 3.62. The van der Waals surface area contributed by atoms with Crippen LogP contribution in [0.4, 0.5) is 4.39 Å². The monoisotopic (exact) mass is 145 g/mol. The van der Waals surface area contributed by atoms with Crippen molar-refractivity contribution in [3.63, 3.8) is 0 Å². The lowest BCUT2D eigenvalue weighted by Gasteiger charge is -2.27. The Bertz CT molecular complexity index is 149. The van der Waals surface area contributed by atoms with Crippen LogP contribution in [0.2, 0.25) is 0 Å². The van der Waals surface area contributed by atoms with Gasteiger partial charge >= 0.3 is 0 Å². The van der Waals surface area contributed by atoms with Crippen LogP contribution in [-0.2, 0) is 4.79 Å². The Balaban J connectivity index is 2.63. The molecule has 0 aromatic heterocycles. The van der Waals surface area contributed by atoms with Crippen LogP contribution in [0, 0.1) is 0 Å². The van der Waals surface area contributed by atoms with Crippen LogP contribution in [0.5, 0.6) is 0 Å². The Hall–Kier alpha value is -0.440. The number of nitrogens with one attached hydrogen (secondary N) is 1. The summed E-state index contributed by atoms with van der Waals surface area (Å²) in [5, 5.41) is 2.86. The summed E-state index contributed by atoms with van der Waals surface area (Å²) in [6, 6.07) is 0. The van der Waals surface area contributed by atoms with Crippen LogP contribution in [0.1, 0.15) is 19.8 Å². The molecule has 3 heteroatoms. The first-order valence-electron chi connectivity index (χ1n) is 3.62. The molecule has 1 aliphatic heterocycles. The zero-order chi connectivity index (χ0) is 7.61. The number of rotatable bonds is 1. The molecule has 2 nitrogen and oxygen atoms in total. The van der Waals surface area contributed by atoms with Crippen LogP contribution in [-0.4, -0.2) is 24.5 Å². The topological polar surface area (TPSA) is 29.1 Å². The minimum Gasteiger partial charge on any atom is -0.313 e. The molecule has 0 aromatic rings. The van der Waals surface area contributed by atoms with Crippen molar-refractivity contribution in [2.24, 2.45) is 0 Å². The number of ketones is 1. The number of Topliss-reactive ketones (excluding diaryl/α,β-unsaturated/α-hetero) is 1. The third kappa shape index (κ3) is 1.19. The van der Waals surface area contributed by atoms with Crippen molar-refractivity contribution in [2.45, 2.75) is 25.4 Å². The van der Waals surface area contributed by atoms with E-state index in [9.17, 15) is 9.18 Å². The molecule has 0 aromatic carbocycles. The molecule has 1 fully saturated rings. The van der Waals surface area contributed by atoms with Gasteiger partial charge in [-0.15, -0.1) is 0 Å². The van der Waals surface area contributed by atoms with Gasteiger partial charge in [0.1, 0.15) is 0 Å². The summed E-state index contributed by atoms with van der Waals surface area (Å²) >= 11 is 0. The van der Waals surface area contributed by atoms with E-state index in [1.807, 2.05) is 0 Å². The van der Waals surface area contributed by atoms with E-state index >= 15 is 0 Å². The highest BCUT2D eigenvalue weighted by Gasteiger charge is 2.37. The molecule has 1 rings (SSSR count). The quantitative estimate of drug-likeness (QED) is 0.587. The molecule has 1 heterocycles. The summed E-state index contributed by atoms with van der Waals surface area (Å²) in [4.78, 5) is 10.9. The highest BCUT2D eigenvalue weighted by atomic mass is 19.1. The van der Waals surface area contributed by atoms with E-state index in [1.165, 1.54) is 0 Å². The number of hydrogen-bond acceptors (Lipinski definition) is 2. The number of alkyl halides is 1. The van der Waals surface area contributed by atoms with Gasteiger partial charge in [0.2, 0.25) is 0 Å². The van der Waals surface area contributed by atoms with E-state index < -0.39 is 5.67 Å². The van der Waals surface area contributed by atoms with Gasteiger partial charge in [0.15, 0.2) is 11.5 Å². The molecule has 0 saturated carbocycles. The van der Waals surface area contributed by atoms with Crippen molar-refractivity contribution in [1.82, 2.24) is 5.32 Å². The summed E-state index contributed by atoms with van der Waals surface area (Å²) in [6.07, 6.45) is 0.628. The zero-order valence-electron chi connectivity index (χ0n) is 6.11.